The normalized spacial score (nSPS) is 11.8. The van der Waals surface area contributed by atoms with E-state index in [2.05, 4.69) is 4.98 Å². The largest absolute Gasteiger partial charge is 0.324 e. The lowest BCUT2D eigenvalue weighted by Gasteiger charge is -2.29. The Morgan fingerprint density at radius 3 is 2.40 bits per heavy atom. The molecule has 0 aliphatic rings. The highest BCUT2D eigenvalue weighted by Gasteiger charge is 2.21. The van der Waals surface area contributed by atoms with Crippen LogP contribution in [0, 0.1) is 0 Å². The van der Waals surface area contributed by atoms with Crippen molar-refractivity contribution in [1.82, 2.24) is 9.88 Å². The highest BCUT2D eigenvalue weighted by atomic mass is 16.2. The van der Waals surface area contributed by atoms with Gasteiger partial charge in [0.05, 0.1) is 17.9 Å². The number of anilines is 1. The fraction of sp³-hybridized carbons (Fsp3) is 0.250. The second kappa shape index (κ2) is 6.19. The van der Waals surface area contributed by atoms with E-state index >= 15 is 0 Å². The minimum absolute atomic E-state index is 0.0165. The van der Waals surface area contributed by atoms with E-state index in [1.54, 1.807) is 29.2 Å². The van der Waals surface area contributed by atoms with Crippen LogP contribution < -0.4 is 4.90 Å². The summed E-state index contributed by atoms with van der Waals surface area (Å²) in [6.45, 7) is 2.02. The fourth-order valence-electron chi connectivity index (χ4n) is 2.02. The number of hydrogen-bond donors (Lipinski definition) is 0. The van der Waals surface area contributed by atoms with Crippen molar-refractivity contribution in [2.75, 3.05) is 19.0 Å². The third-order valence-corrected chi connectivity index (χ3v) is 3.48. The smallest absolute Gasteiger partial charge is 0.321 e. The van der Waals surface area contributed by atoms with Crippen LogP contribution in [0.1, 0.15) is 18.5 Å². The number of urea groups is 1. The van der Waals surface area contributed by atoms with Crippen LogP contribution in [-0.2, 0) is 0 Å². The van der Waals surface area contributed by atoms with Gasteiger partial charge in [-0.05, 0) is 24.6 Å². The Bertz CT molecular complexity index is 556. The van der Waals surface area contributed by atoms with Crippen LogP contribution >= 0.6 is 0 Å². The summed E-state index contributed by atoms with van der Waals surface area (Å²) in [6, 6.07) is 13.6. The standard InChI is InChI=1S/C16H19N3O/c1-13(14-8-5-4-6-9-14)18(2)16(20)19(3)15-10-7-11-17-12-15/h4-13H,1-3H3/t13-/m1/s1. The highest BCUT2D eigenvalue weighted by Crippen LogP contribution is 2.21. The highest BCUT2D eigenvalue weighted by molar-refractivity contribution is 5.91. The van der Waals surface area contributed by atoms with Gasteiger partial charge in [0.2, 0.25) is 0 Å². The summed E-state index contributed by atoms with van der Waals surface area (Å²) in [4.78, 5) is 19.8. The fourth-order valence-corrected chi connectivity index (χ4v) is 2.02. The first-order valence-electron chi connectivity index (χ1n) is 6.56. The van der Waals surface area contributed by atoms with Crippen LogP contribution in [0.25, 0.3) is 0 Å². The molecule has 20 heavy (non-hydrogen) atoms. The first kappa shape index (κ1) is 14.1. The number of rotatable bonds is 3. The van der Waals surface area contributed by atoms with Gasteiger partial charge < -0.3 is 4.90 Å². The Labute approximate surface area is 119 Å². The van der Waals surface area contributed by atoms with Gasteiger partial charge in [0.25, 0.3) is 0 Å². The molecule has 1 heterocycles. The summed E-state index contributed by atoms with van der Waals surface area (Å²) in [5, 5.41) is 0. The number of carbonyl (C=O) groups excluding carboxylic acids is 1. The average molecular weight is 269 g/mol. The van der Waals surface area contributed by atoms with E-state index in [0.29, 0.717) is 0 Å². The van der Waals surface area contributed by atoms with Crippen molar-refractivity contribution >= 4 is 11.7 Å². The first-order valence-corrected chi connectivity index (χ1v) is 6.56. The number of hydrogen-bond acceptors (Lipinski definition) is 2. The van der Waals surface area contributed by atoms with Crippen molar-refractivity contribution < 1.29 is 4.79 Å². The third-order valence-electron chi connectivity index (χ3n) is 3.48. The molecule has 0 fully saturated rings. The van der Waals surface area contributed by atoms with Gasteiger partial charge in [0.15, 0.2) is 0 Å². The monoisotopic (exact) mass is 269 g/mol. The van der Waals surface area contributed by atoms with Crippen molar-refractivity contribution in [1.29, 1.82) is 0 Å². The molecule has 2 rings (SSSR count). The van der Waals surface area contributed by atoms with Gasteiger partial charge in [-0.25, -0.2) is 4.79 Å². The average Bonchev–Trinajstić information content (AvgIpc) is 2.53. The number of aromatic nitrogens is 1. The van der Waals surface area contributed by atoms with Crippen molar-refractivity contribution in [3.05, 3.63) is 60.4 Å². The van der Waals surface area contributed by atoms with E-state index in [0.717, 1.165) is 11.3 Å². The Hall–Kier alpha value is -2.36. The zero-order valence-corrected chi connectivity index (χ0v) is 12.0. The molecule has 0 saturated heterocycles. The molecule has 4 nitrogen and oxygen atoms in total. The van der Waals surface area contributed by atoms with Gasteiger partial charge in [-0.3, -0.25) is 9.88 Å². The molecule has 0 unspecified atom stereocenters. The van der Waals surface area contributed by atoms with Crippen molar-refractivity contribution in [3.8, 4) is 0 Å². The number of benzene rings is 1. The number of nitrogens with zero attached hydrogens (tertiary/aromatic N) is 3. The molecule has 0 aliphatic carbocycles. The Kier molecular flexibility index (Phi) is 4.35. The van der Waals surface area contributed by atoms with Gasteiger partial charge in [-0.15, -0.1) is 0 Å². The number of carbonyl (C=O) groups is 1. The van der Waals surface area contributed by atoms with Gasteiger partial charge in [0, 0.05) is 20.3 Å². The zero-order valence-electron chi connectivity index (χ0n) is 12.0. The molecule has 1 aromatic heterocycles. The van der Waals surface area contributed by atoms with Crippen molar-refractivity contribution in [2.24, 2.45) is 0 Å². The molecule has 0 saturated carbocycles. The van der Waals surface area contributed by atoms with Crippen LogP contribution in [0.15, 0.2) is 54.9 Å². The molecular weight excluding hydrogens is 250 g/mol. The van der Waals surface area contributed by atoms with E-state index in [4.69, 9.17) is 0 Å². The van der Waals surface area contributed by atoms with E-state index in [9.17, 15) is 4.79 Å². The SMILES string of the molecule is C[C@H](c1ccccc1)N(C)C(=O)N(C)c1cccnc1. The van der Waals surface area contributed by atoms with E-state index in [1.165, 1.54) is 0 Å². The molecule has 1 atom stereocenters. The number of pyridine rings is 1. The Morgan fingerprint density at radius 2 is 1.80 bits per heavy atom. The van der Waals surface area contributed by atoms with Crippen LogP contribution in [-0.4, -0.2) is 30.0 Å². The summed E-state index contributed by atoms with van der Waals surface area (Å²) < 4.78 is 0. The molecule has 0 N–H and O–H groups in total. The summed E-state index contributed by atoms with van der Waals surface area (Å²) in [6.07, 6.45) is 3.37. The summed E-state index contributed by atoms with van der Waals surface area (Å²) in [7, 11) is 3.57. The van der Waals surface area contributed by atoms with Crippen LogP contribution in [0.5, 0.6) is 0 Å². The van der Waals surface area contributed by atoms with Gasteiger partial charge in [0.1, 0.15) is 0 Å². The second-order valence-electron chi connectivity index (χ2n) is 4.75. The quantitative estimate of drug-likeness (QED) is 0.857. The van der Waals surface area contributed by atoms with Crippen LogP contribution in [0.2, 0.25) is 0 Å². The molecule has 0 spiro atoms. The van der Waals surface area contributed by atoms with Gasteiger partial charge in [-0.2, -0.15) is 0 Å². The van der Waals surface area contributed by atoms with Gasteiger partial charge in [-0.1, -0.05) is 30.3 Å². The molecule has 0 radical (unpaired) electrons. The predicted octanol–water partition coefficient (Wildman–Crippen LogP) is 3.33. The summed E-state index contributed by atoms with van der Waals surface area (Å²) >= 11 is 0. The minimum atomic E-state index is -0.0608. The van der Waals surface area contributed by atoms with Crippen LogP contribution in [0.4, 0.5) is 10.5 Å². The summed E-state index contributed by atoms with van der Waals surface area (Å²) in [5.74, 6) is 0. The first-order chi connectivity index (χ1) is 9.61. The molecular formula is C16H19N3O. The summed E-state index contributed by atoms with van der Waals surface area (Å²) in [5.41, 5.74) is 1.90. The Balaban J connectivity index is 2.13. The molecule has 2 aromatic rings. The lowest BCUT2D eigenvalue weighted by molar-refractivity contribution is 0.202. The third kappa shape index (κ3) is 2.96. The van der Waals surface area contributed by atoms with Gasteiger partial charge >= 0.3 is 6.03 Å². The maximum atomic E-state index is 12.5. The van der Waals surface area contributed by atoms with E-state index < -0.39 is 0 Å². The molecule has 0 bridgehead atoms. The molecule has 1 aromatic carbocycles. The molecule has 2 amide bonds. The van der Waals surface area contributed by atoms with E-state index in [1.807, 2.05) is 56.4 Å². The number of amides is 2. The van der Waals surface area contributed by atoms with Crippen LogP contribution in [0.3, 0.4) is 0 Å². The van der Waals surface area contributed by atoms with E-state index in [-0.39, 0.29) is 12.1 Å². The zero-order chi connectivity index (χ0) is 14.5. The van der Waals surface area contributed by atoms with Crippen molar-refractivity contribution in [3.63, 3.8) is 0 Å². The second-order valence-corrected chi connectivity index (χ2v) is 4.75. The lowest BCUT2D eigenvalue weighted by atomic mass is 10.1. The maximum absolute atomic E-state index is 12.5. The maximum Gasteiger partial charge on any atom is 0.324 e. The van der Waals surface area contributed by atoms with Crippen molar-refractivity contribution in [2.45, 2.75) is 13.0 Å². The topological polar surface area (TPSA) is 36.4 Å². The molecule has 104 valence electrons. The molecule has 0 aliphatic heterocycles. The lowest BCUT2D eigenvalue weighted by Crippen LogP contribution is -2.40. The molecule has 4 heteroatoms. The minimum Gasteiger partial charge on any atom is -0.321 e. The predicted molar refractivity (Wildman–Crippen MR) is 80.7 cm³/mol. The Morgan fingerprint density at radius 1 is 1.10 bits per heavy atom.